The summed E-state index contributed by atoms with van der Waals surface area (Å²) in [6, 6.07) is 21.3. The lowest BCUT2D eigenvalue weighted by atomic mass is 9.95. The van der Waals surface area contributed by atoms with Crippen LogP contribution in [0.1, 0.15) is 84.5 Å². The molecule has 3 amide bonds. The minimum atomic E-state index is -0.560. The molecule has 46 heavy (non-hydrogen) atoms. The van der Waals surface area contributed by atoms with E-state index >= 15 is 0 Å². The molecule has 0 aromatic heterocycles. The topological polar surface area (TPSA) is 91.4 Å². The lowest BCUT2D eigenvalue weighted by molar-refractivity contribution is -0.128. The number of fused-ring (bicyclic) bond motifs is 1. The summed E-state index contributed by atoms with van der Waals surface area (Å²) in [6.07, 6.45) is 1.04. The number of carbonyl (C=O) groups is 3. The summed E-state index contributed by atoms with van der Waals surface area (Å²) in [5, 5.41) is 2.99. The summed E-state index contributed by atoms with van der Waals surface area (Å²) < 4.78 is 11.0. The summed E-state index contributed by atoms with van der Waals surface area (Å²) in [4.78, 5) is 47.0. The molecule has 3 aromatic carbocycles. The molecule has 2 unspecified atom stereocenters. The second-order valence-corrected chi connectivity index (χ2v) is 13.1. The molecule has 2 aliphatic heterocycles. The molecule has 1 fully saturated rings. The van der Waals surface area contributed by atoms with E-state index in [4.69, 9.17) is 9.47 Å². The number of imide groups is 1. The fraction of sp³-hybridized carbons (Fsp3) is 0.432. The largest absolute Gasteiger partial charge is 0.493 e. The van der Waals surface area contributed by atoms with Crippen molar-refractivity contribution in [2.75, 3.05) is 51.8 Å². The summed E-state index contributed by atoms with van der Waals surface area (Å²) in [7, 11) is 3.13. The van der Waals surface area contributed by atoms with E-state index in [1.807, 2.05) is 51.1 Å². The maximum Gasteiger partial charge on any atom is 0.264 e. The highest BCUT2D eigenvalue weighted by Gasteiger charge is 2.43. The van der Waals surface area contributed by atoms with Crippen LogP contribution in [0.5, 0.6) is 11.5 Å². The zero-order valence-corrected chi connectivity index (χ0v) is 27.8. The molecule has 5 rings (SSSR count). The zero-order chi connectivity index (χ0) is 33.0. The molecule has 1 saturated heterocycles. The molecule has 0 radical (unpaired) electrons. The van der Waals surface area contributed by atoms with Gasteiger partial charge in [0.05, 0.1) is 37.1 Å². The summed E-state index contributed by atoms with van der Waals surface area (Å²) in [5.74, 6) is 0.434. The third kappa shape index (κ3) is 6.75. The first-order valence-corrected chi connectivity index (χ1v) is 16.1. The normalized spacial score (nSPS) is 16.7. The summed E-state index contributed by atoms with van der Waals surface area (Å²) in [5.41, 5.74) is 3.23. The van der Waals surface area contributed by atoms with Gasteiger partial charge in [-0.15, -0.1) is 0 Å². The molecule has 2 aliphatic rings. The highest BCUT2D eigenvalue weighted by Crippen LogP contribution is 2.40. The zero-order valence-electron chi connectivity index (χ0n) is 27.8. The number of nitrogens with one attached hydrogen (secondary N) is 1. The number of ether oxygens (including phenoxy) is 2. The minimum absolute atomic E-state index is 0.0428. The van der Waals surface area contributed by atoms with Gasteiger partial charge in [-0.25, -0.2) is 0 Å². The van der Waals surface area contributed by atoms with Crippen molar-refractivity contribution in [2.24, 2.45) is 5.41 Å². The maximum absolute atomic E-state index is 14.3. The van der Waals surface area contributed by atoms with Crippen LogP contribution >= 0.6 is 0 Å². The van der Waals surface area contributed by atoms with Crippen molar-refractivity contribution >= 4 is 23.4 Å². The Morgan fingerprint density at radius 1 is 0.848 bits per heavy atom. The fourth-order valence-electron chi connectivity index (χ4n) is 6.39. The van der Waals surface area contributed by atoms with E-state index in [2.05, 4.69) is 46.3 Å². The van der Waals surface area contributed by atoms with Gasteiger partial charge in [0.25, 0.3) is 11.8 Å². The molecule has 244 valence electrons. The Hall–Kier alpha value is -4.37. The average molecular weight is 627 g/mol. The lowest BCUT2D eigenvalue weighted by Crippen LogP contribution is -2.47. The molecule has 3 aromatic rings. The molecule has 0 saturated carbocycles. The minimum Gasteiger partial charge on any atom is -0.493 e. The SMILES string of the molecule is COc1ccc(C(CCCNC(=O)C(C)(C)C)N2C(=O)c3cccc(N4CCN(C(C)c5ccccc5)CC4)c3C2=O)cc1OC. The third-order valence-corrected chi connectivity index (χ3v) is 9.13. The van der Waals surface area contributed by atoms with Crippen molar-refractivity contribution in [1.29, 1.82) is 0 Å². The van der Waals surface area contributed by atoms with Gasteiger partial charge < -0.3 is 19.7 Å². The van der Waals surface area contributed by atoms with Gasteiger partial charge in [0.1, 0.15) is 0 Å². The fourth-order valence-corrected chi connectivity index (χ4v) is 6.39. The number of benzene rings is 3. The van der Waals surface area contributed by atoms with Crippen LogP contribution in [0.25, 0.3) is 0 Å². The van der Waals surface area contributed by atoms with Crippen molar-refractivity contribution in [3.63, 3.8) is 0 Å². The Bertz CT molecular complexity index is 1560. The standard InChI is InChI=1S/C37H46N4O5/c1-25(26-12-8-7-9-13-26)39-20-22-40(23-21-39)30-15-10-14-28-33(30)35(43)41(34(28)42)29(16-11-19-38-36(44)37(2,3)4)27-17-18-31(45-5)32(24-27)46-6/h7-10,12-15,17-18,24-25,29H,11,16,19-23H2,1-6H3,(H,38,44). The van der Waals surface area contributed by atoms with E-state index < -0.39 is 11.5 Å². The van der Waals surface area contributed by atoms with E-state index in [1.165, 1.54) is 10.5 Å². The number of hydrogen-bond donors (Lipinski definition) is 1. The van der Waals surface area contributed by atoms with Crippen LogP contribution < -0.4 is 19.7 Å². The molecular formula is C37H46N4O5. The third-order valence-electron chi connectivity index (χ3n) is 9.13. The predicted molar refractivity (Wildman–Crippen MR) is 180 cm³/mol. The monoisotopic (exact) mass is 626 g/mol. The van der Waals surface area contributed by atoms with Crippen molar-refractivity contribution in [3.05, 3.63) is 89.0 Å². The van der Waals surface area contributed by atoms with Crippen molar-refractivity contribution in [1.82, 2.24) is 15.1 Å². The van der Waals surface area contributed by atoms with Crippen molar-refractivity contribution in [2.45, 2.75) is 52.6 Å². The van der Waals surface area contributed by atoms with Crippen LogP contribution in [-0.2, 0) is 4.79 Å². The molecule has 9 heteroatoms. The van der Waals surface area contributed by atoms with Gasteiger partial charge in [0.2, 0.25) is 5.91 Å². The van der Waals surface area contributed by atoms with Crippen LogP contribution in [-0.4, -0.2) is 74.5 Å². The Balaban J connectivity index is 1.39. The van der Waals surface area contributed by atoms with Crippen LogP contribution in [0.4, 0.5) is 5.69 Å². The number of nitrogens with zero attached hydrogens (tertiary/aromatic N) is 3. The number of amides is 3. The van der Waals surface area contributed by atoms with Crippen molar-refractivity contribution in [3.8, 4) is 11.5 Å². The molecule has 0 bridgehead atoms. The number of rotatable bonds is 11. The highest BCUT2D eigenvalue weighted by molar-refractivity contribution is 6.24. The second-order valence-electron chi connectivity index (χ2n) is 13.1. The van der Waals surface area contributed by atoms with Gasteiger partial charge in [-0.1, -0.05) is 63.2 Å². The smallest absolute Gasteiger partial charge is 0.264 e. The maximum atomic E-state index is 14.3. The quantitative estimate of drug-likeness (QED) is 0.210. The summed E-state index contributed by atoms with van der Waals surface area (Å²) in [6.45, 7) is 11.5. The highest BCUT2D eigenvalue weighted by atomic mass is 16.5. The molecule has 9 nitrogen and oxygen atoms in total. The van der Waals surface area contributed by atoms with Crippen LogP contribution in [0.15, 0.2) is 66.7 Å². The Kier molecular flexibility index (Phi) is 10.0. The average Bonchev–Trinajstić information content (AvgIpc) is 3.33. The van der Waals surface area contributed by atoms with Crippen LogP contribution in [0.2, 0.25) is 0 Å². The van der Waals surface area contributed by atoms with Gasteiger partial charge in [-0.3, -0.25) is 24.2 Å². The molecule has 2 heterocycles. The summed E-state index contributed by atoms with van der Waals surface area (Å²) >= 11 is 0. The number of hydrogen-bond acceptors (Lipinski definition) is 7. The molecule has 1 N–H and O–H groups in total. The van der Waals surface area contributed by atoms with Crippen LogP contribution in [0, 0.1) is 5.41 Å². The lowest BCUT2D eigenvalue weighted by Gasteiger charge is -2.39. The molecule has 2 atom stereocenters. The van der Waals surface area contributed by atoms with Gasteiger partial charge in [-0.2, -0.15) is 0 Å². The Labute approximate surface area is 272 Å². The first kappa shape index (κ1) is 33.0. The predicted octanol–water partition coefficient (Wildman–Crippen LogP) is 5.87. The second kappa shape index (κ2) is 14.0. The Morgan fingerprint density at radius 2 is 1.54 bits per heavy atom. The first-order chi connectivity index (χ1) is 22.0. The van der Waals surface area contributed by atoms with Gasteiger partial charge >= 0.3 is 0 Å². The molecule has 0 spiro atoms. The molecular weight excluding hydrogens is 580 g/mol. The van der Waals surface area contributed by atoms with E-state index in [1.54, 1.807) is 26.4 Å². The van der Waals surface area contributed by atoms with E-state index in [-0.39, 0.29) is 17.7 Å². The van der Waals surface area contributed by atoms with Gasteiger partial charge in [0, 0.05) is 44.2 Å². The van der Waals surface area contributed by atoms with E-state index in [0.717, 1.165) is 37.4 Å². The van der Waals surface area contributed by atoms with Gasteiger partial charge in [-0.05, 0) is 55.2 Å². The number of carbonyl (C=O) groups excluding carboxylic acids is 3. The van der Waals surface area contributed by atoms with Crippen LogP contribution in [0.3, 0.4) is 0 Å². The van der Waals surface area contributed by atoms with Crippen molar-refractivity contribution < 1.29 is 23.9 Å². The number of anilines is 1. The number of methoxy groups -OCH3 is 2. The Morgan fingerprint density at radius 3 is 2.20 bits per heavy atom. The van der Waals surface area contributed by atoms with Gasteiger partial charge in [0.15, 0.2) is 11.5 Å². The van der Waals surface area contributed by atoms with E-state index in [0.29, 0.717) is 48.1 Å². The number of piperazine rings is 1. The van der Waals surface area contributed by atoms with E-state index in [9.17, 15) is 14.4 Å². The molecule has 0 aliphatic carbocycles. The first-order valence-electron chi connectivity index (χ1n) is 16.1.